The molecule has 1 aromatic carbocycles. The van der Waals surface area contributed by atoms with Crippen LogP contribution < -0.4 is 16.4 Å². The molecule has 5 nitrogen and oxygen atoms in total. The number of carbonyl (C=O) groups is 2. The van der Waals surface area contributed by atoms with Crippen LogP contribution in [-0.4, -0.2) is 18.5 Å². The van der Waals surface area contributed by atoms with Gasteiger partial charge in [-0.1, -0.05) is 23.8 Å². The van der Waals surface area contributed by atoms with Gasteiger partial charge >= 0.3 is 6.03 Å². The second kappa shape index (κ2) is 4.42. The van der Waals surface area contributed by atoms with Crippen molar-refractivity contribution >= 4 is 11.9 Å². The molecule has 1 aliphatic rings. The Morgan fingerprint density at radius 3 is 2.56 bits per heavy atom. The number of hydrogen-bond donors (Lipinski definition) is 3. The first-order chi connectivity index (χ1) is 8.49. The van der Waals surface area contributed by atoms with Gasteiger partial charge in [0.1, 0.15) is 5.54 Å². The second-order valence-corrected chi connectivity index (χ2v) is 4.67. The topological polar surface area (TPSA) is 84.2 Å². The molecule has 0 spiro atoms. The highest BCUT2D eigenvalue weighted by Crippen LogP contribution is 2.31. The number of carbonyl (C=O) groups excluding carboxylic acids is 2. The van der Waals surface area contributed by atoms with E-state index in [9.17, 15) is 9.59 Å². The van der Waals surface area contributed by atoms with Crippen molar-refractivity contribution < 1.29 is 9.59 Å². The lowest BCUT2D eigenvalue weighted by Crippen LogP contribution is -2.46. The molecule has 96 valence electrons. The third kappa shape index (κ3) is 1.86. The summed E-state index contributed by atoms with van der Waals surface area (Å²) in [4.78, 5) is 23.5. The van der Waals surface area contributed by atoms with Gasteiger partial charge in [-0.05, 0) is 37.9 Å². The Morgan fingerprint density at radius 1 is 1.28 bits per heavy atom. The summed E-state index contributed by atoms with van der Waals surface area (Å²) in [6.07, 6.45) is 0.384. The minimum absolute atomic E-state index is 0.321. The fraction of sp³-hybridized carbons (Fsp3) is 0.385. The van der Waals surface area contributed by atoms with Crippen LogP contribution in [0.3, 0.4) is 0 Å². The number of nitrogens with two attached hydrogens (primary N) is 1. The molecule has 0 bridgehead atoms. The maximum atomic E-state index is 12.1. The molecule has 2 rings (SSSR count). The molecular weight excluding hydrogens is 230 g/mol. The summed E-state index contributed by atoms with van der Waals surface area (Å²) in [6.45, 7) is 4.19. The quantitative estimate of drug-likeness (QED) is 0.687. The lowest BCUT2D eigenvalue weighted by Gasteiger charge is -2.28. The summed E-state index contributed by atoms with van der Waals surface area (Å²) < 4.78 is 0. The molecule has 0 aromatic heterocycles. The highest BCUT2D eigenvalue weighted by molar-refractivity contribution is 6.07. The average molecular weight is 247 g/mol. The largest absolute Gasteiger partial charge is 0.330 e. The number of nitrogens with one attached hydrogen (secondary N) is 2. The summed E-state index contributed by atoms with van der Waals surface area (Å²) in [5.41, 5.74) is 7.39. The van der Waals surface area contributed by atoms with Crippen LogP contribution in [0, 0.1) is 13.8 Å². The van der Waals surface area contributed by atoms with E-state index in [4.69, 9.17) is 5.73 Å². The minimum atomic E-state index is -1.03. The van der Waals surface area contributed by atoms with Crippen molar-refractivity contribution in [2.24, 2.45) is 5.73 Å². The Kier molecular flexibility index (Phi) is 3.09. The minimum Gasteiger partial charge on any atom is -0.330 e. The van der Waals surface area contributed by atoms with Crippen LogP contribution in [0.25, 0.3) is 0 Å². The van der Waals surface area contributed by atoms with Gasteiger partial charge in [0.15, 0.2) is 0 Å². The van der Waals surface area contributed by atoms with Gasteiger partial charge in [-0.15, -0.1) is 0 Å². The molecule has 1 aromatic rings. The smallest absolute Gasteiger partial charge is 0.322 e. The third-order valence-electron chi connectivity index (χ3n) is 3.31. The number of urea groups is 1. The normalized spacial score (nSPS) is 22.8. The summed E-state index contributed by atoms with van der Waals surface area (Å²) in [7, 11) is 0. The van der Waals surface area contributed by atoms with Crippen molar-refractivity contribution in [1.82, 2.24) is 10.6 Å². The van der Waals surface area contributed by atoms with Crippen molar-refractivity contribution in [3.05, 3.63) is 34.9 Å². The van der Waals surface area contributed by atoms with Gasteiger partial charge in [0.05, 0.1) is 0 Å². The van der Waals surface area contributed by atoms with Crippen LogP contribution in [0.2, 0.25) is 0 Å². The predicted octanol–water partition coefficient (Wildman–Crippen LogP) is 0.687. The van der Waals surface area contributed by atoms with Crippen LogP contribution in [0.5, 0.6) is 0 Å². The molecule has 1 saturated heterocycles. The van der Waals surface area contributed by atoms with E-state index in [2.05, 4.69) is 10.6 Å². The number of hydrogen-bond acceptors (Lipinski definition) is 3. The van der Waals surface area contributed by atoms with E-state index in [0.29, 0.717) is 13.0 Å². The van der Waals surface area contributed by atoms with Crippen molar-refractivity contribution in [2.45, 2.75) is 25.8 Å². The number of amides is 3. The highest BCUT2D eigenvalue weighted by Gasteiger charge is 2.47. The molecule has 0 saturated carbocycles. The lowest BCUT2D eigenvalue weighted by molar-refractivity contribution is -0.124. The zero-order valence-electron chi connectivity index (χ0n) is 10.5. The fourth-order valence-corrected chi connectivity index (χ4v) is 2.40. The van der Waals surface area contributed by atoms with Gasteiger partial charge in [-0.25, -0.2) is 4.79 Å². The standard InChI is InChI=1S/C13H17N3O2/c1-8-3-4-9(2)10(7-8)13(5-6-14)11(17)15-12(18)16-13/h3-4,7H,5-6,14H2,1-2H3,(H2,15,16,17,18). The van der Waals surface area contributed by atoms with E-state index in [1.807, 2.05) is 32.0 Å². The predicted molar refractivity (Wildman–Crippen MR) is 67.9 cm³/mol. The van der Waals surface area contributed by atoms with Crippen LogP contribution in [0.4, 0.5) is 4.79 Å². The molecule has 0 aliphatic carbocycles. The zero-order chi connectivity index (χ0) is 13.3. The second-order valence-electron chi connectivity index (χ2n) is 4.67. The number of rotatable bonds is 3. The summed E-state index contributed by atoms with van der Waals surface area (Å²) >= 11 is 0. The monoisotopic (exact) mass is 247 g/mol. The third-order valence-corrected chi connectivity index (χ3v) is 3.31. The van der Waals surface area contributed by atoms with E-state index >= 15 is 0 Å². The number of imide groups is 1. The van der Waals surface area contributed by atoms with E-state index in [1.54, 1.807) is 0 Å². The molecule has 1 heterocycles. The molecule has 4 N–H and O–H groups in total. The van der Waals surface area contributed by atoms with E-state index < -0.39 is 11.6 Å². The first-order valence-electron chi connectivity index (χ1n) is 5.91. The van der Waals surface area contributed by atoms with Crippen molar-refractivity contribution in [1.29, 1.82) is 0 Å². The van der Waals surface area contributed by atoms with Crippen LogP contribution >= 0.6 is 0 Å². The van der Waals surface area contributed by atoms with Gasteiger partial charge in [0, 0.05) is 0 Å². The molecular formula is C13H17N3O2. The summed E-state index contributed by atoms with van der Waals surface area (Å²) in [5.74, 6) is -0.327. The molecule has 5 heteroatoms. The summed E-state index contributed by atoms with van der Waals surface area (Å²) in [5, 5.41) is 5.02. The van der Waals surface area contributed by atoms with E-state index in [1.165, 1.54) is 0 Å². The molecule has 1 fully saturated rings. The molecule has 1 atom stereocenters. The molecule has 3 amide bonds. The first kappa shape index (κ1) is 12.6. The molecule has 0 radical (unpaired) electrons. The zero-order valence-corrected chi connectivity index (χ0v) is 10.5. The van der Waals surface area contributed by atoms with Crippen LogP contribution in [0.15, 0.2) is 18.2 Å². The Morgan fingerprint density at radius 2 is 2.00 bits per heavy atom. The van der Waals surface area contributed by atoms with Crippen LogP contribution in [0.1, 0.15) is 23.1 Å². The first-order valence-corrected chi connectivity index (χ1v) is 5.91. The van der Waals surface area contributed by atoms with Gasteiger partial charge in [0.25, 0.3) is 5.91 Å². The Labute approximate surface area is 106 Å². The molecule has 1 aliphatic heterocycles. The van der Waals surface area contributed by atoms with Gasteiger partial charge in [0.2, 0.25) is 0 Å². The highest BCUT2D eigenvalue weighted by atomic mass is 16.2. The number of aryl methyl sites for hydroxylation is 2. The maximum Gasteiger partial charge on any atom is 0.322 e. The van der Waals surface area contributed by atoms with Crippen molar-refractivity contribution in [3.63, 3.8) is 0 Å². The van der Waals surface area contributed by atoms with Crippen molar-refractivity contribution in [3.8, 4) is 0 Å². The average Bonchev–Trinajstić information content (AvgIpc) is 2.58. The fourth-order valence-electron chi connectivity index (χ4n) is 2.40. The maximum absolute atomic E-state index is 12.1. The van der Waals surface area contributed by atoms with Gasteiger partial charge < -0.3 is 11.1 Å². The summed E-state index contributed by atoms with van der Waals surface area (Å²) in [6, 6.07) is 5.38. The Bertz CT molecular complexity index is 513. The van der Waals surface area contributed by atoms with Crippen molar-refractivity contribution in [2.75, 3.05) is 6.54 Å². The Balaban J connectivity index is 2.57. The molecule has 1 unspecified atom stereocenters. The number of benzene rings is 1. The Hall–Kier alpha value is -1.88. The SMILES string of the molecule is Cc1ccc(C)c(C2(CCN)NC(=O)NC2=O)c1. The van der Waals surface area contributed by atoms with Gasteiger partial charge in [-0.2, -0.15) is 0 Å². The van der Waals surface area contributed by atoms with E-state index in [-0.39, 0.29) is 5.91 Å². The van der Waals surface area contributed by atoms with Gasteiger partial charge in [-0.3, -0.25) is 10.1 Å². The van der Waals surface area contributed by atoms with E-state index in [0.717, 1.165) is 16.7 Å². The van der Waals surface area contributed by atoms with Crippen LogP contribution in [-0.2, 0) is 10.3 Å². The molecule has 18 heavy (non-hydrogen) atoms. The lowest BCUT2D eigenvalue weighted by atomic mass is 9.83.